The summed E-state index contributed by atoms with van der Waals surface area (Å²) in [6.07, 6.45) is 0. The fourth-order valence-corrected chi connectivity index (χ4v) is 3.96. The number of esters is 1. The second-order valence-electron chi connectivity index (χ2n) is 4.58. The maximum absolute atomic E-state index is 11.8. The van der Waals surface area contributed by atoms with Gasteiger partial charge in [0, 0.05) is 17.1 Å². The minimum atomic E-state index is -0.244. The van der Waals surface area contributed by atoms with Crippen LogP contribution in [0, 0.1) is 6.92 Å². The molecular formula is C15H15NO2S. The van der Waals surface area contributed by atoms with Crippen molar-refractivity contribution in [2.75, 3.05) is 7.11 Å². The van der Waals surface area contributed by atoms with E-state index in [1.54, 1.807) is 0 Å². The number of methoxy groups -OCH3 is 1. The Morgan fingerprint density at radius 1 is 1.37 bits per heavy atom. The molecule has 1 unspecified atom stereocenters. The minimum Gasteiger partial charge on any atom is -0.465 e. The SMILES string of the molecule is COC(=O)c1cc(C)n2c1CSC2c1ccccc1. The highest BCUT2D eigenvalue weighted by Crippen LogP contribution is 2.43. The summed E-state index contributed by atoms with van der Waals surface area (Å²) in [6.45, 7) is 2.04. The highest BCUT2D eigenvalue weighted by Gasteiger charge is 2.30. The van der Waals surface area contributed by atoms with Gasteiger partial charge in [-0.15, -0.1) is 11.8 Å². The fourth-order valence-electron chi connectivity index (χ4n) is 2.56. The van der Waals surface area contributed by atoms with Crippen LogP contribution in [0.15, 0.2) is 36.4 Å². The van der Waals surface area contributed by atoms with Crippen molar-refractivity contribution >= 4 is 17.7 Å². The van der Waals surface area contributed by atoms with Crippen molar-refractivity contribution in [3.63, 3.8) is 0 Å². The molecule has 0 fully saturated rings. The van der Waals surface area contributed by atoms with Gasteiger partial charge in [-0.1, -0.05) is 30.3 Å². The molecule has 98 valence electrons. The van der Waals surface area contributed by atoms with Gasteiger partial charge >= 0.3 is 5.97 Å². The van der Waals surface area contributed by atoms with Crippen LogP contribution in [0.5, 0.6) is 0 Å². The van der Waals surface area contributed by atoms with Crippen LogP contribution >= 0.6 is 11.8 Å². The molecule has 0 N–H and O–H groups in total. The summed E-state index contributed by atoms with van der Waals surface area (Å²) in [7, 11) is 1.43. The van der Waals surface area contributed by atoms with E-state index in [9.17, 15) is 4.79 Å². The first-order chi connectivity index (χ1) is 9.22. The normalized spacial score (nSPS) is 17.3. The van der Waals surface area contributed by atoms with Gasteiger partial charge in [0.05, 0.1) is 12.7 Å². The molecule has 3 rings (SSSR count). The number of rotatable bonds is 2. The maximum Gasteiger partial charge on any atom is 0.339 e. The van der Waals surface area contributed by atoms with E-state index in [-0.39, 0.29) is 11.3 Å². The van der Waals surface area contributed by atoms with Crippen LogP contribution in [0.25, 0.3) is 0 Å². The molecule has 1 aliphatic rings. The van der Waals surface area contributed by atoms with E-state index in [0.29, 0.717) is 5.56 Å². The average Bonchev–Trinajstić information content (AvgIpc) is 3.01. The summed E-state index contributed by atoms with van der Waals surface area (Å²) in [5, 5.41) is 0.259. The Morgan fingerprint density at radius 3 is 2.79 bits per heavy atom. The Labute approximate surface area is 116 Å². The second-order valence-corrected chi connectivity index (χ2v) is 5.65. The lowest BCUT2D eigenvalue weighted by molar-refractivity contribution is 0.0600. The van der Waals surface area contributed by atoms with Gasteiger partial charge in [-0.3, -0.25) is 0 Å². The van der Waals surface area contributed by atoms with E-state index in [1.165, 1.54) is 12.7 Å². The fraction of sp³-hybridized carbons (Fsp3) is 0.267. The molecule has 0 saturated carbocycles. The number of carbonyl (C=O) groups excluding carboxylic acids is 1. The van der Waals surface area contributed by atoms with Gasteiger partial charge in [-0.2, -0.15) is 0 Å². The lowest BCUT2D eigenvalue weighted by Crippen LogP contribution is -2.06. The highest BCUT2D eigenvalue weighted by molar-refractivity contribution is 7.99. The van der Waals surface area contributed by atoms with Crippen molar-refractivity contribution in [3.8, 4) is 0 Å². The van der Waals surface area contributed by atoms with Crippen LogP contribution in [0.2, 0.25) is 0 Å². The Kier molecular flexibility index (Phi) is 3.11. The Morgan fingerprint density at radius 2 is 2.11 bits per heavy atom. The van der Waals surface area contributed by atoms with Gasteiger partial charge in [0.2, 0.25) is 0 Å². The first-order valence-electron chi connectivity index (χ1n) is 6.18. The van der Waals surface area contributed by atoms with Crippen molar-refractivity contribution in [3.05, 3.63) is 58.9 Å². The number of ether oxygens (including phenoxy) is 1. The Bertz CT molecular complexity index is 619. The van der Waals surface area contributed by atoms with Crippen molar-refractivity contribution in [1.29, 1.82) is 0 Å². The van der Waals surface area contributed by atoms with Crippen LogP contribution in [-0.4, -0.2) is 17.6 Å². The van der Waals surface area contributed by atoms with Crippen LogP contribution < -0.4 is 0 Å². The van der Waals surface area contributed by atoms with E-state index in [0.717, 1.165) is 17.1 Å². The van der Waals surface area contributed by atoms with Crippen molar-refractivity contribution < 1.29 is 9.53 Å². The second kappa shape index (κ2) is 4.78. The molecule has 0 spiro atoms. The Hall–Kier alpha value is -1.68. The first kappa shape index (κ1) is 12.4. The molecule has 19 heavy (non-hydrogen) atoms. The molecule has 0 radical (unpaired) electrons. The van der Waals surface area contributed by atoms with Gasteiger partial charge in [0.15, 0.2) is 0 Å². The summed E-state index contributed by atoms with van der Waals surface area (Å²) in [6, 6.07) is 12.3. The molecule has 3 nitrogen and oxygen atoms in total. The summed E-state index contributed by atoms with van der Waals surface area (Å²) >= 11 is 1.84. The molecular weight excluding hydrogens is 258 g/mol. The van der Waals surface area contributed by atoms with Gasteiger partial charge in [0.25, 0.3) is 0 Å². The largest absolute Gasteiger partial charge is 0.465 e. The third-order valence-corrected chi connectivity index (χ3v) is 4.68. The molecule has 0 saturated heterocycles. The van der Waals surface area contributed by atoms with E-state index in [4.69, 9.17) is 4.74 Å². The van der Waals surface area contributed by atoms with Gasteiger partial charge < -0.3 is 9.30 Å². The number of fused-ring (bicyclic) bond motifs is 1. The molecule has 1 aromatic heterocycles. The molecule has 4 heteroatoms. The molecule has 1 atom stereocenters. The summed E-state index contributed by atoms with van der Waals surface area (Å²) < 4.78 is 7.10. The monoisotopic (exact) mass is 273 g/mol. The zero-order chi connectivity index (χ0) is 13.4. The van der Waals surface area contributed by atoms with Crippen LogP contribution in [0.3, 0.4) is 0 Å². The zero-order valence-corrected chi connectivity index (χ0v) is 11.7. The quantitative estimate of drug-likeness (QED) is 0.786. The predicted molar refractivity (Wildman–Crippen MR) is 76.4 cm³/mol. The number of thioether (sulfide) groups is 1. The minimum absolute atomic E-state index is 0.244. The Balaban J connectivity index is 2.06. The molecule has 0 aliphatic carbocycles. The van der Waals surface area contributed by atoms with E-state index >= 15 is 0 Å². The lowest BCUT2D eigenvalue weighted by Gasteiger charge is -2.15. The number of nitrogens with zero attached hydrogens (tertiary/aromatic N) is 1. The number of benzene rings is 1. The number of hydrogen-bond donors (Lipinski definition) is 0. The van der Waals surface area contributed by atoms with Gasteiger partial charge in [-0.25, -0.2) is 4.79 Å². The zero-order valence-electron chi connectivity index (χ0n) is 10.9. The third kappa shape index (κ3) is 1.96. The molecule has 0 bridgehead atoms. The lowest BCUT2D eigenvalue weighted by atomic mass is 10.2. The van der Waals surface area contributed by atoms with E-state index in [2.05, 4.69) is 16.7 Å². The smallest absolute Gasteiger partial charge is 0.339 e. The number of carbonyl (C=O) groups is 1. The van der Waals surface area contributed by atoms with Crippen molar-refractivity contribution in [2.24, 2.45) is 0 Å². The predicted octanol–water partition coefficient (Wildman–Crippen LogP) is 3.38. The standard InChI is InChI=1S/C15H15NO2S/c1-10-8-12(15(17)18-2)13-9-19-14(16(10)13)11-6-4-3-5-7-11/h3-8,14H,9H2,1-2H3. The molecule has 0 amide bonds. The number of aryl methyl sites for hydroxylation is 1. The van der Waals surface area contributed by atoms with Crippen LogP contribution in [-0.2, 0) is 10.5 Å². The molecule has 2 heterocycles. The molecule has 2 aromatic rings. The summed E-state index contributed by atoms with van der Waals surface area (Å²) in [4.78, 5) is 11.8. The van der Waals surface area contributed by atoms with Crippen molar-refractivity contribution in [1.82, 2.24) is 4.57 Å². The summed E-state index contributed by atoms with van der Waals surface area (Å²) in [5.41, 5.74) is 4.14. The van der Waals surface area contributed by atoms with E-state index < -0.39 is 0 Å². The molecule has 1 aromatic carbocycles. The van der Waals surface area contributed by atoms with E-state index in [1.807, 2.05) is 43.0 Å². The third-order valence-electron chi connectivity index (χ3n) is 3.44. The first-order valence-corrected chi connectivity index (χ1v) is 7.23. The van der Waals surface area contributed by atoms with Crippen molar-refractivity contribution in [2.45, 2.75) is 18.1 Å². The van der Waals surface area contributed by atoms with Crippen LogP contribution in [0.4, 0.5) is 0 Å². The number of aromatic nitrogens is 1. The highest BCUT2D eigenvalue weighted by atomic mass is 32.2. The van der Waals surface area contributed by atoms with Crippen LogP contribution in [0.1, 0.15) is 32.7 Å². The average molecular weight is 273 g/mol. The molecule has 1 aliphatic heterocycles. The van der Waals surface area contributed by atoms with Gasteiger partial charge in [0.1, 0.15) is 5.37 Å². The summed E-state index contributed by atoms with van der Waals surface area (Å²) in [5.74, 6) is 0.601. The number of hydrogen-bond acceptors (Lipinski definition) is 3. The maximum atomic E-state index is 11.8. The van der Waals surface area contributed by atoms with Gasteiger partial charge in [-0.05, 0) is 18.6 Å². The topological polar surface area (TPSA) is 31.2 Å².